The number of hydrogen-bond donors (Lipinski definition) is 1. The monoisotopic (exact) mass is 445 g/mol. The van der Waals surface area contributed by atoms with Gasteiger partial charge in [0.25, 0.3) is 0 Å². The molecule has 1 aromatic heterocycles. The smallest absolute Gasteiger partial charge is 0.416 e. The Balaban J connectivity index is 1.47. The molecule has 1 amide bonds. The first kappa shape index (κ1) is 23.9. The Morgan fingerprint density at radius 3 is 2.44 bits per heavy atom. The number of benzene rings is 2. The average Bonchev–Trinajstić information content (AvgIpc) is 3.18. The molecule has 0 radical (unpaired) electrons. The number of carbonyl (C=O) groups is 1. The third kappa shape index (κ3) is 6.87. The minimum absolute atomic E-state index is 0.104. The Morgan fingerprint density at radius 1 is 0.969 bits per heavy atom. The van der Waals surface area contributed by atoms with E-state index in [9.17, 15) is 18.0 Å². The summed E-state index contributed by atoms with van der Waals surface area (Å²) < 4.78 is 43.9. The lowest BCUT2D eigenvalue weighted by Crippen LogP contribution is -2.24. The molecule has 0 unspecified atom stereocenters. The lowest BCUT2D eigenvalue weighted by atomic mass is 10.0. The molecular formula is C26H30F3NO2. The topological polar surface area (TPSA) is 42.2 Å². The van der Waals surface area contributed by atoms with Gasteiger partial charge in [0, 0.05) is 24.8 Å². The zero-order valence-electron chi connectivity index (χ0n) is 18.4. The fraction of sp³-hybridized carbons (Fsp3) is 0.423. The number of alkyl halides is 3. The third-order valence-electron chi connectivity index (χ3n) is 5.54. The highest BCUT2D eigenvalue weighted by molar-refractivity contribution is 5.81. The Morgan fingerprint density at radius 2 is 1.72 bits per heavy atom. The van der Waals surface area contributed by atoms with Gasteiger partial charge in [-0.05, 0) is 73.9 Å². The first-order valence-corrected chi connectivity index (χ1v) is 11.3. The number of hydrogen-bond acceptors (Lipinski definition) is 2. The zero-order valence-corrected chi connectivity index (χ0v) is 18.4. The highest BCUT2D eigenvalue weighted by atomic mass is 19.4. The maximum absolute atomic E-state index is 12.7. The summed E-state index contributed by atoms with van der Waals surface area (Å²) >= 11 is 0. The van der Waals surface area contributed by atoms with E-state index in [0.29, 0.717) is 13.0 Å². The van der Waals surface area contributed by atoms with E-state index < -0.39 is 11.7 Å². The SMILES string of the molecule is CCCC(=O)NCCCc1cccc2oc(CCCCc3ccc(C(F)(F)F)cc3)cc12. The van der Waals surface area contributed by atoms with Crippen LogP contribution in [0.4, 0.5) is 13.2 Å². The molecule has 1 N–H and O–H groups in total. The first-order chi connectivity index (χ1) is 15.4. The summed E-state index contributed by atoms with van der Waals surface area (Å²) in [6.45, 7) is 2.66. The highest BCUT2D eigenvalue weighted by Gasteiger charge is 2.29. The van der Waals surface area contributed by atoms with Crippen molar-refractivity contribution >= 4 is 16.9 Å². The van der Waals surface area contributed by atoms with Crippen LogP contribution in [0.25, 0.3) is 11.0 Å². The van der Waals surface area contributed by atoms with E-state index in [1.807, 2.05) is 19.1 Å². The van der Waals surface area contributed by atoms with Crippen LogP contribution in [0.5, 0.6) is 0 Å². The second-order valence-electron chi connectivity index (χ2n) is 8.15. The van der Waals surface area contributed by atoms with E-state index in [2.05, 4.69) is 17.4 Å². The second kappa shape index (κ2) is 11.2. The van der Waals surface area contributed by atoms with Crippen molar-refractivity contribution in [2.24, 2.45) is 0 Å². The molecule has 3 rings (SSSR count). The van der Waals surface area contributed by atoms with Gasteiger partial charge in [0.05, 0.1) is 5.56 Å². The van der Waals surface area contributed by atoms with Gasteiger partial charge >= 0.3 is 6.18 Å². The zero-order chi connectivity index (χ0) is 23.0. The normalized spacial score (nSPS) is 11.8. The van der Waals surface area contributed by atoms with E-state index in [0.717, 1.165) is 79.4 Å². The summed E-state index contributed by atoms with van der Waals surface area (Å²) in [7, 11) is 0. The number of furan rings is 1. The number of aryl methyl sites for hydroxylation is 3. The lowest BCUT2D eigenvalue weighted by Gasteiger charge is -2.07. The molecule has 0 bridgehead atoms. The van der Waals surface area contributed by atoms with Gasteiger partial charge in [0.2, 0.25) is 5.91 Å². The predicted molar refractivity (Wildman–Crippen MR) is 121 cm³/mol. The third-order valence-corrected chi connectivity index (χ3v) is 5.54. The number of halogens is 3. The van der Waals surface area contributed by atoms with E-state index in [4.69, 9.17) is 4.42 Å². The van der Waals surface area contributed by atoms with Crippen molar-refractivity contribution in [2.75, 3.05) is 6.54 Å². The van der Waals surface area contributed by atoms with Crippen LogP contribution >= 0.6 is 0 Å². The van der Waals surface area contributed by atoms with Crippen LogP contribution in [-0.4, -0.2) is 12.5 Å². The summed E-state index contributed by atoms with van der Waals surface area (Å²) in [6.07, 6.45) is 2.20. The van der Waals surface area contributed by atoms with Gasteiger partial charge in [-0.3, -0.25) is 4.79 Å². The molecule has 0 saturated carbocycles. The second-order valence-corrected chi connectivity index (χ2v) is 8.15. The van der Waals surface area contributed by atoms with Crippen molar-refractivity contribution < 1.29 is 22.4 Å². The number of fused-ring (bicyclic) bond motifs is 1. The molecule has 32 heavy (non-hydrogen) atoms. The number of amides is 1. The van der Waals surface area contributed by atoms with Gasteiger partial charge < -0.3 is 9.73 Å². The molecule has 6 heteroatoms. The van der Waals surface area contributed by atoms with Crippen LogP contribution in [0.3, 0.4) is 0 Å². The van der Waals surface area contributed by atoms with Gasteiger partial charge in [0.15, 0.2) is 0 Å². The fourth-order valence-electron chi connectivity index (χ4n) is 3.83. The first-order valence-electron chi connectivity index (χ1n) is 11.3. The molecule has 0 aliphatic rings. The Bertz CT molecular complexity index is 1010. The van der Waals surface area contributed by atoms with Crippen LogP contribution in [0.15, 0.2) is 52.9 Å². The van der Waals surface area contributed by atoms with Crippen LogP contribution in [-0.2, 0) is 30.2 Å². The number of carbonyl (C=O) groups excluding carboxylic acids is 1. The van der Waals surface area contributed by atoms with Crippen molar-refractivity contribution in [3.8, 4) is 0 Å². The molecule has 0 atom stereocenters. The molecule has 172 valence electrons. The minimum Gasteiger partial charge on any atom is -0.461 e. The van der Waals surface area contributed by atoms with Gasteiger partial charge in [-0.2, -0.15) is 13.2 Å². The Kier molecular flexibility index (Phi) is 8.37. The maximum atomic E-state index is 12.7. The molecule has 0 fully saturated rings. The average molecular weight is 446 g/mol. The van der Waals surface area contributed by atoms with Crippen LogP contribution in [0, 0.1) is 0 Å². The number of rotatable bonds is 11. The van der Waals surface area contributed by atoms with E-state index in [1.165, 1.54) is 5.56 Å². The van der Waals surface area contributed by atoms with Crippen molar-refractivity contribution in [3.05, 3.63) is 71.0 Å². The van der Waals surface area contributed by atoms with Gasteiger partial charge in [-0.15, -0.1) is 0 Å². The summed E-state index contributed by atoms with van der Waals surface area (Å²) in [6, 6.07) is 13.6. The molecule has 0 aliphatic carbocycles. The van der Waals surface area contributed by atoms with E-state index >= 15 is 0 Å². The minimum atomic E-state index is -4.29. The summed E-state index contributed by atoms with van der Waals surface area (Å²) in [5.41, 5.74) is 2.39. The van der Waals surface area contributed by atoms with E-state index in [1.54, 1.807) is 12.1 Å². The molecule has 0 saturated heterocycles. The molecule has 0 aliphatic heterocycles. The maximum Gasteiger partial charge on any atom is 0.416 e. The van der Waals surface area contributed by atoms with Crippen LogP contribution in [0.1, 0.15) is 61.5 Å². The largest absolute Gasteiger partial charge is 0.461 e. The predicted octanol–water partition coefficient (Wildman–Crippen LogP) is 6.87. The molecule has 0 spiro atoms. The van der Waals surface area contributed by atoms with Crippen LogP contribution in [0.2, 0.25) is 0 Å². The van der Waals surface area contributed by atoms with Gasteiger partial charge in [-0.1, -0.05) is 31.2 Å². The van der Waals surface area contributed by atoms with Crippen molar-refractivity contribution in [2.45, 2.75) is 64.5 Å². The highest BCUT2D eigenvalue weighted by Crippen LogP contribution is 2.29. The lowest BCUT2D eigenvalue weighted by molar-refractivity contribution is -0.137. The Labute approximate surface area is 187 Å². The Hall–Kier alpha value is -2.76. The molecule has 1 heterocycles. The van der Waals surface area contributed by atoms with Gasteiger partial charge in [-0.25, -0.2) is 0 Å². The number of nitrogens with one attached hydrogen (secondary N) is 1. The number of unbranched alkanes of at least 4 members (excludes halogenated alkanes) is 1. The fourth-order valence-corrected chi connectivity index (χ4v) is 3.83. The van der Waals surface area contributed by atoms with Crippen molar-refractivity contribution in [1.29, 1.82) is 0 Å². The quantitative estimate of drug-likeness (QED) is 0.327. The summed E-state index contributed by atoms with van der Waals surface area (Å²) in [5.74, 6) is 1.03. The molecule has 3 aromatic rings. The van der Waals surface area contributed by atoms with Gasteiger partial charge in [0.1, 0.15) is 11.3 Å². The molecule has 3 nitrogen and oxygen atoms in total. The van der Waals surface area contributed by atoms with Crippen LogP contribution < -0.4 is 5.32 Å². The molecular weight excluding hydrogens is 415 g/mol. The molecule has 2 aromatic carbocycles. The standard InChI is InChI=1S/C26H30F3NO2/c1-2-7-25(31)30-17-6-10-20-9-5-12-24-23(20)18-22(32-24)11-4-3-8-19-13-15-21(16-14-19)26(27,28)29/h5,9,12-16,18H,2-4,6-8,10-11,17H2,1H3,(H,30,31). The summed E-state index contributed by atoms with van der Waals surface area (Å²) in [4.78, 5) is 11.6. The van der Waals surface area contributed by atoms with E-state index in [-0.39, 0.29) is 5.91 Å². The van der Waals surface area contributed by atoms with Crippen molar-refractivity contribution in [3.63, 3.8) is 0 Å². The summed E-state index contributed by atoms with van der Waals surface area (Å²) in [5, 5.41) is 4.06. The van der Waals surface area contributed by atoms with Crippen molar-refractivity contribution in [1.82, 2.24) is 5.32 Å².